The number of benzene rings is 3. The van der Waals surface area contributed by atoms with Crippen molar-refractivity contribution in [3.05, 3.63) is 99.2 Å². The number of hydrogen-bond acceptors (Lipinski definition) is 4. The molecule has 5 rings (SSSR count). The van der Waals surface area contributed by atoms with Crippen molar-refractivity contribution in [3.8, 4) is 5.75 Å². The number of ketones is 1. The van der Waals surface area contributed by atoms with Crippen molar-refractivity contribution in [2.24, 2.45) is 0 Å². The standard InChI is InChI=1S/C32H32Cl2N2O3/c1-3-4-5-6-30(38)36-28-16-13-24(34)19-26(28)35-27-17-22(20-7-11-23(33)12-8-20)18-29(37)31(27)32(36)21-9-14-25(39-2)15-10-21/h7-16,19,22,32,35H,3-6,17-18H2,1-2H3/t22-,32-/m0/s1. The monoisotopic (exact) mass is 562 g/mol. The van der Waals surface area contributed by atoms with Gasteiger partial charge in [0, 0.05) is 34.2 Å². The lowest BCUT2D eigenvalue weighted by Crippen LogP contribution is -2.38. The summed E-state index contributed by atoms with van der Waals surface area (Å²) in [6, 6.07) is 20.3. The molecule has 0 aromatic heterocycles. The van der Waals surface area contributed by atoms with Gasteiger partial charge in [0.1, 0.15) is 5.75 Å². The number of fused-ring (bicyclic) bond motifs is 1. The topological polar surface area (TPSA) is 58.6 Å². The van der Waals surface area contributed by atoms with Crippen molar-refractivity contribution in [1.29, 1.82) is 0 Å². The Hall–Kier alpha value is -3.28. The number of carbonyl (C=O) groups is 2. The maximum Gasteiger partial charge on any atom is 0.227 e. The van der Waals surface area contributed by atoms with Crippen LogP contribution in [0.2, 0.25) is 10.0 Å². The Balaban J connectivity index is 1.67. The van der Waals surface area contributed by atoms with E-state index in [1.165, 1.54) is 0 Å². The third-order valence-corrected chi connectivity index (χ3v) is 8.07. The number of anilines is 2. The SMILES string of the molecule is CCCCCC(=O)N1c2ccc(Cl)cc2NC2=C(C(=O)C[C@@H](c3ccc(Cl)cc3)C2)[C@@H]1c1ccc(OC)cc1. The van der Waals surface area contributed by atoms with Crippen LogP contribution in [0.5, 0.6) is 5.75 Å². The van der Waals surface area contributed by atoms with Crippen molar-refractivity contribution in [1.82, 2.24) is 0 Å². The average molecular weight is 564 g/mol. The molecule has 0 unspecified atom stereocenters. The zero-order valence-corrected chi connectivity index (χ0v) is 23.7. The Morgan fingerprint density at radius 3 is 2.33 bits per heavy atom. The molecule has 0 fully saturated rings. The van der Waals surface area contributed by atoms with Gasteiger partial charge in [-0.15, -0.1) is 0 Å². The van der Waals surface area contributed by atoms with Gasteiger partial charge in [0.15, 0.2) is 5.78 Å². The van der Waals surface area contributed by atoms with Gasteiger partial charge in [-0.3, -0.25) is 14.5 Å². The molecule has 202 valence electrons. The Morgan fingerprint density at radius 1 is 0.949 bits per heavy atom. The zero-order valence-electron chi connectivity index (χ0n) is 22.2. The van der Waals surface area contributed by atoms with Crippen molar-refractivity contribution < 1.29 is 14.3 Å². The maximum absolute atomic E-state index is 14.1. The molecule has 0 spiro atoms. The van der Waals surface area contributed by atoms with Crippen LogP contribution in [0, 0.1) is 0 Å². The van der Waals surface area contributed by atoms with E-state index in [2.05, 4.69) is 12.2 Å². The number of nitrogens with one attached hydrogen (secondary N) is 1. The number of hydrogen-bond donors (Lipinski definition) is 1. The van der Waals surface area contributed by atoms with E-state index in [1.807, 2.05) is 60.7 Å². The lowest BCUT2D eigenvalue weighted by Gasteiger charge is -2.35. The number of halogens is 2. The van der Waals surface area contributed by atoms with Gasteiger partial charge in [0.2, 0.25) is 5.91 Å². The number of methoxy groups -OCH3 is 1. The Labute approximate surface area is 239 Å². The minimum atomic E-state index is -0.575. The van der Waals surface area contributed by atoms with Gasteiger partial charge in [-0.2, -0.15) is 0 Å². The van der Waals surface area contributed by atoms with Gasteiger partial charge in [-0.1, -0.05) is 67.2 Å². The molecule has 3 aromatic carbocycles. The molecule has 0 radical (unpaired) electrons. The van der Waals surface area contributed by atoms with Gasteiger partial charge in [0.25, 0.3) is 0 Å². The van der Waals surface area contributed by atoms with E-state index in [9.17, 15) is 9.59 Å². The number of nitrogens with zero attached hydrogens (tertiary/aromatic N) is 1. The van der Waals surface area contributed by atoms with Gasteiger partial charge < -0.3 is 10.1 Å². The van der Waals surface area contributed by atoms with E-state index >= 15 is 0 Å². The van der Waals surface area contributed by atoms with E-state index in [4.69, 9.17) is 27.9 Å². The summed E-state index contributed by atoms with van der Waals surface area (Å²) in [6.07, 6.45) is 4.14. The lowest BCUT2D eigenvalue weighted by molar-refractivity contribution is -0.119. The largest absolute Gasteiger partial charge is 0.497 e. The van der Waals surface area contributed by atoms with Crippen LogP contribution < -0.4 is 15.0 Å². The van der Waals surface area contributed by atoms with Gasteiger partial charge in [-0.25, -0.2) is 0 Å². The smallest absolute Gasteiger partial charge is 0.227 e. The van der Waals surface area contributed by atoms with Gasteiger partial charge in [0.05, 0.1) is 24.5 Å². The fourth-order valence-electron chi connectivity index (χ4n) is 5.61. The molecule has 1 heterocycles. The van der Waals surface area contributed by atoms with E-state index in [0.717, 1.165) is 41.8 Å². The molecule has 1 N–H and O–H groups in total. The predicted octanol–water partition coefficient (Wildman–Crippen LogP) is 8.48. The van der Waals surface area contributed by atoms with Crippen molar-refractivity contribution in [3.63, 3.8) is 0 Å². The van der Waals surface area contributed by atoms with Crippen LogP contribution in [0.15, 0.2) is 78.0 Å². The molecule has 2 atom stereocenters. The highest BCUT2D eigenvalue weighted by atomic mass is 35.5. The summed E-state index contributed by atoms with van der Waals surface area (Å²) in [5.74, 6) is 0.711. The van der Waals surface area contributed by atoms with Crippen LogP contribution in [0.3, 0.4) is 0 Å². The molecule has 0 saturated heterocycles. The number of carbonyl (C=O) groups excluding carboxylic acids is 2. The van der Waals surface area contributed by atoms with E-state index in [-0.39, 0.29) is 17.6 Å². The second kappa shape index (κ2) is 11.8. The number of amides is 1. The number of rotatable bonds is 7. The third-order valence-electron chi connectivity index (χ3n) is 7.58. The molecule has 1 amide bonds. The second-order valence-corrected chi connectivity index (χ2v) is 11.0. The molecular formula is C32H32Cl2N2O3. The van der Waals surface area contributed by atoms with E-state index in [1.54, 1.807) is 18.1 Å². The molecular weight excluding hydrogens is 531 g/mol. The quantitative estimate of drug-likeness (QED) is 0.293. The predicted molar refractivity (Wildman–Crippen MR) is 158 cm³/mol. The molecule has 1 aliphatic carbocycles. The Bertz CT molecular complexity index is 1400. The molecule has 0 bridgehead atoms. The molecule has 1 aliphatic heterocycles. The van der Waals surface area contributed by atoms with Crippen LogP contribution in [0.25, 0.3) is 0 Å². The van der Waals surface area contributed by atoms with Crippen molar-refractivity contribution in [2.45, 2.75) is 57.4 Å². The second-order valence-electron chi connectivity index (χ2n) is 10.2. The number of ether oxygens (including phenoxy) is 1. The van der Waals surface area contributed by atoms with E-state index in [0.29, 0.717) is 46.3 Å². The summed E-state index contributed by atoms with van der Waals surface area (Å²) in [6.45, 7) is 2.12. The minimum absolute atomic E-state index is 0.00743. The van der Waals surface area contributed by atoms with Crippen LogP contribution in [0.4, 0.5) is 11.4 Å². The molecule has 3 aromatic rings. The summed E-state index contributed by atoms with van der Waals surface area (Å²) in [5, 5.41) is 4.77. The fraction of sp³-hybridized carbons (Fsp3) is 0.312. The van der Waals surface area contributed by atoms with Crippen LogP contribution >= 0.6 is 23.2 Å². The summed E-state index contributed by atoms with van der Waals surface area (Å²) >= 11 is 12.6. The normalized spacial score (nSPS) is 18.7. The van der Waals surface area contributed by atoms with Crippen molar-refractivity contribution >= 4 is 46.3 Å². The first kappa shape index (κ1) is 27.3. The maximum atomic E-state index is 14.1. The minimum Gasteiger partial charge on any atom is -0.497 e. The molecule has 2 aliphatic rings. The first-order chi connectivity index (χ1) is 18.9. The number of allylic oxidation sites excluding steroid dienone is 1. The molecule has 5 nitrogen and oxygen atoms in total. The van der Waals surface area contributed by atoms with Crippen molar-refractivity contribution in [2.75, 3.05) is 17.3 Å². The first-order valence-electron chi connectivity index (χ1n) is 13.4. The van der Waals surface area contributed by atoms with Crippen LogP contribution in [0.1, 0.15) is 68.5 Å². The summed E-state index contributed by atoms with van der Waals surface area (Å²) in [7, 11) is 1.62. The molecule has 7 heteroatoms. The average Bonchev–Trinajstić information content (AvgIpc) is 3.07. The van der Waals surface area contributed by atoms with Gasteiger partial charge in [-0.05, 0) is 72.4 Å². The lowest BCUT2D eigenvalue weighted by atomic mass is 9.78. The highest BCUT2D eigenvalue weighted by molar-refractivity contribution is 6.31. The van der Waals surface area contributed by atoms with Crippen LogP contribution in [-0.2, 0) is 9.59 Å². The summed E-state index contributed by atoms with van der Waals surface area (Å²) < 4.78 is 5.39. The van der Waals surface area contributed by atoms with E-state index < -0.39 is 6.04 Å². The Morgan fingerprint density at radius 2 is 1.64 bits per heavy atom. The zero-order chi connectivity index (χ0) is 27.5. The molecule has 0 saturated carbocycles. The van der Waals surface area contributed by atoms with Crippen LogP contribution in [-0.4, -0.2) is 18.8 Å². The summed E-state index contributed by atoms with van der Waals surface area (Å²) in [5.41, 5.74) is 4.80. The number of unbranched alkanes of at least 4 members (excludes halogenated alkanes) is 2. The summed E-state index contributed by atoms with van der Waals surface area (Å²) in [4.78, 5) is 29.9. The fourth-order valence-corrected chi connectivity index (χ4v) is 5.91. The highest BCUT2D eigenvalue weighted by Gasteiger charge is 2.41. The molecule has 39 heavy (non-hydrogen) atoms. The van der Waals surface area contributed by atoms with Gasteiger partial charge >= 0.3 is 0 Å². The number of Topliss-reactive ketones (excluding diaryl/α,β-unsaturated/α-hetero) is 1. The third kappa shape index (κ3) is 5.70. The Kier molecular flexibility index (Phi) is 8.29. The first-order valence-corrected chi connectivity index (χ1v) is 14.2. The highest BCUT2D eigenvalue weighted by Crippen LogP contribution is 2.48.